The number of nitrogens with one attached hydrogen (secondary N) is 1. The highest BCUT2D eigenvalue weighted by atomic mass is 35.5. The third kappa shape index (κ3) is 6.00. The number of amides is 1. The summed E-state index contributed by atoms with van der Waals surface area (Å²) in [5.74, 6) is 0.966. The normalized spacial score (nSPS) is 15.7. The number of fused-ring (bicyclic) bond motifs is 1. The third-order valence-corrected chi connectivity index (χ3v) is 6.98. The van der Waals surface area contributed by atoms with Crippen LogP contribution < -0.4 is 14.2 Å². The van der Waals surface area contributed by atoms with Crippen LogP contribution >= 0.6 is 23.4 Å². The van der Waals surface area contributed by atoms with Crippen molar-refractivity contribution in [3.05, 3.63) is 94.0 Å². The van der Waals surface area contributed by atoms with Crippen molar-refractivity contribution in [2.45, 2.75) is 13.8 Å². The molecule has 2 aliphatic rings. The van der Waals surface area contributed by atoms with Gasteiger partial charge < -0.3 is 14.2 Å². The molecule has 3 aromatic rings. The van der Waals surface area contributed by atoms with E-state index in [1.54, 1.807) is 18.2 Å². The van der Waals surface area contributed by atoms with E-state index in [4.69, 9.17) is 31.2 Å². The highest BCUT2D eigenvalue weighted by Crippen LogP contribution is 2.38. The molecule has 1 amide bonds. The van der Waals surface area contributed by atoms with E-state index in [0.29, 0.717) is 45.5 Å². The van der Waals surface area contributed by atoms with Gasteiger partial charge in [0.15, 0.2) is 17.3 Å². The van der Waals surface area contributed by atoms with Crippen molar-refractivity contribution < 1.29 is 19.0 Å². The lowest BCUT2D eigenvalue weighted by Gasteiger charge is -2.20. The third-order valence-electron chi connectivity index (χ3n) is 5.74. The zero-order valence-electron chi connectivity index (χ0n) is 21.3. The molecule has 0 unspecified atom stereocenters. The Labute approximate surface area is 235 Å². The van der Waals surface area contributed by atoms with Gasteiger partial charge in [0.2, 0.25) is 5.17 Å². The highest BCUT2D eigenvalue weighted by Gasteiger charge is 2.36. The van der Waals surface area contributed by atoms with E-state index in [1.165, 1.54) is 16.8 Å². The number of rotatable bonds is 9. The first-order chi connectivity index (χ1) is 18.9. The zero-order valence-corrected chi connectivity index (χ0v) is 22.9. The van der Waals surface area contributed by atoms with Crippen molar-refractivity contribution in [3.63, 3.8) is 0 Å². The molecule has 2 aliphatic heterocycles. The smallest absolute Gasteiger partial charge is 0.283 e. The number of hydrazone groups is 1. The number of ether oxygens (including phenoxy) is 3. The van der Waals surface area contributed by atoms with Gasteiger partial charge in [-0.25, -0.2) is 0 Å². The first-order valence-electron chi connectivity index (χ1n) is 12.3. The predicted molar refractivity (Wildman–Crippen MR) is 155 cm³/mol. The highest BCUT2D eigenvalue weighted by molar-refractivity contribution is 8.27. The van der Waals surface area contributed by atoms with Crippen LogP contribution in [0.3, 0.4) is 0 Å². The van der Waals surface area contributed by atoms with Gasteiger partial charge in [-0.1, -0.05) is 59.6 Å². The van der Waals surface area contributed by atoms with Gasteiger partial charge in [-0.05, 0) is 61.5 Å². The van der Waals surface area contributed by atoms with Crippen LogP contribution in [0.1, 0.15) is 23.6 Å². The number of thioether (sulfide) groups is 1. The molecule has 0 aliphatic carbocycles. The Kier molecular flexibility index (Phi) is 7.99. The number of aryl methyl sites for hydroxylation is 1. The average Bonchev–Trinajstić information content (AvgIpc) is 3.35. The van der Waals surface area contributed by atoms with Crippen LogP contribution in [0.5, 0.6) is 17.2 Å². The minimum absolute atomic E-state index is 0.0629. The largest absolute Gasteiger partial charge is 0.490 e. The van der Waals surface area contributed by atoms with Crippen molar-refractivity contribution >= 4 is 51.4 Å². The molecule has 3 aromatic carbocycles. The van der Waals surface area contributed by atoms with Gasteiger partial charge in [-0.3, -0.25) is 10.2 Å². The molecule has 0 aromatic heterocycles. The van der Waals surface area contributed by atoms with Crippen LogP contribution in [0.4, 0.5) is 0 Å². The molecule has 2 heterocycles. The Hall–Kier alpha value is -4.08. The minimum Gasteiger partial charge on any atom is -0.490 e. The second kappa shape index (κ2) is 11.8. The summed E-state index contributed by atoms with van der Waals surface area (Å²) in [6, 6.07) is 20.7. The fraction of sp³-hybridized carbons (Fsp3) is 0.172. The molecule has 0 atom stereocenters. The van der Waals surface area contributed by atoms with Gasteiger partial charge in [0.25, 0.3) is 5.91 Å². The summed E-state index contributed by atoms with van der Waals surface area (Å²) < 4.78 is 17.3. The average molecular weight is 561 g/mol. The van der Waals surface area contributed by atoms with E-state index in [2.05, 4.69) is 10.1 Å². The van der Waals surface area contributed by atoms with E-state index >= 15 is 0 Å². The number of aliphatic imine (C=N–C) groups is 1. The summed E-state index contributed by atoms with van der Waals surface area (Å²) in [5.41, 5.74) is 2.69. The second-order valence-corrected chi connectivity index (χ2v) is 9.93. The van der Waals surface area contributed by atoms with E-state index in [0.717, 1.165) is 16.9 Å². The summed E-state index contributed by atoms with van der Waals surface area (Å²) in [5, 5.41) is 15.9. The topological polar surface area (TPSA) is 96.6 Å². The Balaban J connectivity index is 1.35. The molecular formula is C29H25ClN4O4S. The molecule has 0 saturated carbocycles. The SMILES string of the molecule is CCOc1cc(/C=C2/C(=N)N3N=C(c4ccc(C)cc4)SC3=NC2=O)cc(Cl)c1OCCOc1ccccc1. The summed E-state index contributed by atoms with van der Waals surface area (Å²) in [6.45, 7) is 4.82. The van der Waals surface area contributed by atoms with Gasteiger partial charge >= 0.3 is 0 Å². The van der Waals surface area contributed by atoms with Crippen LogP contribution in [0.2, 0.25) is 5.02 Å². The van der Waals surface area contributed by atoms with Crippen molar-refractivity contribution in [3.8, 4) is 17.2 Å². The summed E-state index contributed by atoms with van der Waals surface area (Å²) in [6.07, 6.45) is 1.56. The van der Waals surface area contributed by atoms with Gasteiger partial charge in [-0.15, -0.1) is 0 Å². The van der Waals surface area contributed by atoms with Gasteiger partial charge in [0, 0.05) is 5.56 Å². The molecular weight excluding hydrogens is 536 g/mol. The maximum Gasteiger partial charge on any atom is 0.283 e. The zero-order chi connectivity index (χ0) is 27.4. The van der Waals surface area contributed by atoms with Crippen LogP contribution in [-0.2, 0) is 4.79 Å². The molecule has 10 heteroatoms. The van der Waals surface area contributed by atoms with Crippen molar-refractivity contribution in [1.82, 2.24) is 5.01 Å². The van der Waals surface area contributed by atoms with E-state index in [1.807, 2.05) is 68.4 Å². The number of hydrogen-bond acceptors (Lipinski definition) is 7. The Morgan fingerprint density at radius 3 is 2.51 bits per heavy atom. The first-order valence-corrected chi connectivity index (χ1v) is 13.5. The molecule has 5 rings (SSSR count). The van der Waals surface area contributed by atoms with Gasteiger partial charge in [-0.2, -0.15) is 15.1 Å². The second-order valence-electron chi connectivity index (χ2n) is 8.56. The molecule has 39 heavy (non-hydrogen) atoms. The quantitative estimate of drug-likeness (QED) is 0.248. The monoisotopic (exact) mass is 560 g/mol. The number of amidine groups is 2. The van der Waals surface area contributed by atoms with Gasteiger partial charge in [0.1, 0.15) is 24.0 Å². The molecule has 8 nitrogen and oxygen atoms in total. The van der Waals surface area contributed by atoms with Crippen LogP contribution in [0.15, 0.2) is 82.4 Å². The number of carbonyl (C=O) groups excluding carboxylic acids is 1. The minimum atomic E-state index is -0.522. The van der Waals surface area contributed by atoms with E-state index in [9.17, 15) is 4.79 Å². The molecule has 0 bridgehead atoms. The Morgan fingerprint density at radius 2 is 1.77 bits per heavy atom. The summed E-state index contributed by atoms with van der Waals surface area (Å²) in [4.78, 5) is 17.1. The molecule has 198 valence electrons. The maximum atomic E-state index is 12.9. The van der Waals surface area contributed by atoms with Crippen LogP contribution in [0, 0.1) is 12.3 Å². The number of nitrogens with zero attached hydrogens (tertiary/aromatic N) is 3. The number of benzene rings is 3. The molecule has 1 N–H and O–H groups in total. The lowest BCUT2D eigenvalue weighted by Crippen LogP contribution is -2.35. The standard InChI is InChI=1S/C29H25ClN4O4S/c1-3-36-24-17-19(16-23(30)25(24)38-14-13-37-21-7-5-4-6-8-21)15-22-26(31)34-29(32-27(22)35)39-28(33-34)20-11-9-18(2)10-12-20/h4-12,15-17,31H,3,13-14H2,1-2H3/b22-15-,31-26?. The molecule has 0 saturated heterocycles. The summed E-state index contributed by atoms with van der Waals surface area (Å²) in [7, 11) is 0. The lowest BCUT2D eigenvalue weighted by molar-refractivity contribution is -0.114. The first kappa shape index (κ1) is 26.5. The Bertz CT molecular complexity index is 1500. The van der Waals surface area contributed by atoms with Crippen molar-refractivity contribution in [2.75, 3.05) is 19.8 Å². The fourth-order valence-corrected chi connectivity index (χ4v) is 5.04. The van der Waals surface area contributed by atoms with Crippen molar-refractivity contribution in [2.24, 2.45) is 10.1 Å². The number of para-hydroxylation sites is 1. The molecule has 0 fully saturated rings. The van der Waals surface area contributed by atoms with E-state index < -0.39 is 5.91 Å². The summed E-state index contributed by atoms with van der Waals surface area (Å²) >= 11 is 7.83. The predicted octanol–water partition coefficient (Wildman–Crippen LogP) is 6.17. The number of halogens is 1. The van der Waals surface area contributed by atoms with Gasteiger partial charge in [0.05, 0.1) is 17.2 Å². The molecule has 0 radical (unpaired) electrons. The Morgan fingerprint density at radius 1 is 1.03 bits per heavy atom. The van der Waals surface area contributed by atoms with Crippen LogP contribution in [-0.4, -0.2) is 46.8 Å². The van der Waals surface area contributed by atoms with Crippen molar-refractivity contribution in [1.29, 1.82) is 5.41 Å². The molecule has 0 spiro atoms. The van der Waals surface area contributed by atoms with Crippen LogP contribution in [0.25, 0.3) is 6.08 Å². The lowest BCUT2D eigenvalue weighted by atomic mass is 10.1. The maximum absolute atomic E-state index is 12.9. The van der Waals surface area contributed by atoms with E-state index in [-0.39, 0.29) is 18.0 Å². The fourth-order valence-electron chi connectivity index (χ4n) is 3.87. The number of hydrogen-bond donors (Lipinski definition) is 1. The number of carbonyl (C=O) groups is 1.